The molecule has 0 N–H and O–H groups in total. The number of hydrogen-bond donors (Lipinski definition) is 0. The Morgan fingerprint density at radius 2 is 1.82 bits per heavy atom. The van der Waals surface area contributed by atoms with Crippen LogP contribution in [-0.4, -0.2) is 60.4 Å². The van der Waals surface area contributed by atoms with E-state index in [1.807, 2.05) is 27.3 Å². The molecule has 1 aromatic carbocycles. The number of likely N-dealkylation sites (tertiary alicyclic amines) is 1. The number of aryl methyl sites for hydroxylation is 1. The van der Waals surface area contributed by atoms with Crippen molar-refractivity contribution in [2.75, 3.05) is 37.6 Å². The molecule has 2 fully saturated rings. The molecule has 2 aromatic rings. The van der Waals surface area contributed by atoms with E-state index in [1.54, 1.807) is 0 Å². The second-order valence-corrected chi connectivity index (χ2v) is 8.59. The number of rotatable bonds is 3. The molecular formula is C22H27N3O2S. The van der Waals surface area contributed by atoms with Gasteiger partial charge in [0.15, 0.2) is 0 Å². The molecule has 0 bridgehead atoms. The maximum atomic E-state index is 13.3. The Kier molecular flexibility index (Phi) is 5.67. The predicted molar refractivity (Wildman–Crippen MR) is 113 cm³/mol. The topological polar surface area (TPSA) is 43.9 Å². The highest BCUT2D eigenvalue weighted by molar-refractivity contribution is 7.12. The van der Waals surface area contributed by atoms with E-state index < -0.39 is 0 Å². The van der Waals surface area contributed by atoms with E-state index in [1.165, 1.54) is 22.6 Å². The average Bonchev–Trinajstić information content (AvgIpc) is 3.28. The SMILES string of the molecule is Cc1cccc(N2CCN(C(=O)[C@@H]3CCCCN3C(=O)c3cccs3)CC2)c1. The number of carbonyl (C=O) groups is 2. The molecule has 2 saturated heterocycles. The van der Waals surface area contributed by atoms with Crippen LogP contribution in [0.5, 0.6) is 0 Å². The number of hydrogen-bond acceptors (Lipinski definition) is 4. The summed E-state index contributed by atoms with van der Waals surface area (Å²) in [5.41, 5.74) is 2.47. The van der Waals surface area contributed by atoms with Gasteiger partial charge in [-0.05, 0) is 55.3 Å². The van der Waals surface area contributed by atoms with Crippen LogP contribution in [0.25, 0.3) is 0 Å². The number of anilines is 1. The molecule has 148 valence electrons. The van der Waals surface area contributed by atoms with Crippen LogP contribution in [0.3, 0.4) is 0 Å². The van der Waals surface area contributed by atoms with E-state index >= 15 is 0 Å². The van der Waals surface area contributed by atoms with Gasteiger partial charge in [-0.1, -0.05) is 18.2 Å². The first-order valence-corrected chi connectivity index (χ1v) is 11.0. The molecule has 4 rings (SSSR count). The number of piperazine rings is 1. The van der Waals surface area contributed by atoms with Gasteiger partial charge in [0.05, 0.1) is 4.88 Å². The molecular weight excluding hydrogens is 370 g/mol. The third-order valence-electron chi connectivity index (χ3n) is 5.74. The number of benzene rings is 1. The van der Waals surface area contributed by atoms with Gasteiger partial charge in [-0.2, -0.15) is 0 Å². The van der Waals surface area contributed by atoms with Crippen LogP contribution in [-0.2, 0) is 4.79 Å². The van der Waals surface area contributed by atoms with Gasteiger partial charge in [0.25, 0.3) is 5.91 Å². The predicted octanol–water partition coefficient (Wildman–Crippen LogP) is 3.40. The third kappa shape index (κ3) is 3.92. The zero-order valence-corrected chi connectivity index (χ0v) is 17.2. The second-order valence-electron chi connectivity index (χ2n) is 7.64. The van der Waals surface area contributed by atoms with E-state index in [0.29, 0.717) is 19.6 Å². The van der Waals surface area contributed by atoms with E-state index in [4.69, 9.17) is 0 Å². The Bertz CT molecular complexity index is 828. The Morgan fingerprint density at radius 1 is 1.00 bits per heavy atom. The number of nitrogens with zero attached hydrogens (tertiary/aromatic N) is 3. The molecule has 0 aliphatic carbocycles. The van der Waals surface area contributed by atoms with Crippen molar-refractivity contribution in [3.05, 3.63) is 52.2 Å². The van der Waals surface area contributed by atoms with Crippen LogP contribution in [0.1, 0.15) is 34.5 Å². The Labute approximate surface area is 170 Å². The van der Waals surface area contributed by atoms with Gasteiger partial charge in [-0.15, -0.1) is 11.3 Å². The van der Waals surface area contributed by atoms with Crippen LogP contribution in [0.2, 0.25) is 0 Å². The molecule has 1 aromatic heterocycles. The van der Waals surface area contributed by atoms with Gasteiger partial charge in [0, 0.05) is 38.4 Å². The quantitative estimate of drug-likeness (QED) is 0.797. The molecule has 3 heterocycles. The van der Waals surface area contributed by atoms with Crippen molar-refractivity contribution in [3.8, 4) is 0 Å². The van der Waals surface area contributed by atoms with Gasteiger partial charge in [0.2, 0.25) is 5.91 Å². The van der Waals surface area contributed by atoms with Gasteiger partial charge in [0.1, 0.15) is 6.04 Å². The molecule has 0 unspecified atom stereocenters. The number of carbonyl (C=O) groups excluding carboxylic acids is 2. The summed E-state index contributed by atoms with van der Waals surface area (Å²) < 4.78 is 0. The fourth-order valence-electron chi connectivity index (χ4n) is 4.19. The molecule has 5 nitrogen and oxygen atoms in total. The Morgan fingerprint density at radius 3 is 2.54 bits per heavy atom. The monoisotopic (exact) mass is 397 g/mol. The molecule has 2 aliphatic heterocycles. The maximum absolute atomic E-state index is 13.3. The summed E-state index contributed by atoms with van der Waals surface area (Å²) in [6.07, 6.45) is 2.75. The van der Waals surface area contributed by atoms with Crippen molar-refractivity contribution in [2.24, 2.45) is 0 Å². The van der Waals surface area contributed by atoms with E-state index in [0.717, 1.165) is 37.2 Å². The van der Waals surface area contributed by atoms with E-state index in [-0.39, 0.29) is 17.9 Å². The van der Waals surface area contributed by atoms with Crippen molar-refractivity contribution in [1.82, 2.24) is 9.80 Å². The standard InChI is InChI=1S/C22H27N3O2S/c1-17-6-4-7-18(16-17)23-11-13-24(14-12-23)21(26)19-8-2-3-10-25(19)22(27)20-9-5-15-28-20/h4-7,9,15-16,19H,2-3,8,10-14H2,1H3/t19-/m0/s1. The first-order valence-electron chi connectivity index (χ1n) is 10.1. The zero-order chi connectivity index (χ0) is 19.5. The normalized spacial score (nSPS) is 20.3. The highest BCUT2D eigenvalue weighted by Gasteiger charge is 2.36. The number of thiophene rings is 1. The number of amides is 2. The summed E-state index contributed by atoms with van der Waals surface area (Å²) in [6.45, 7) is 5.87. The lowest BCUT2D eigenvalue weighted by Crippen LogP contribution is -2.57. The molecule has 0 saturated carbocycles. The molecule has 0 radical (unpaired) electrons. The smallest absolute Gasteiger partial charge is 0.264 e. The van der Waals surface area contributed by atoms with Gasteiger partial charge in [-0.25, -0.2) is 0 Å². The van der Waals surface area contributed by atoms with Crippen LogP contribution >= 0.6 is 11.3 Å². The highest BCUT2D eigenvalue weighted by atomic mass is 32.1. The average molecular weight is 398 g/mol. The van der Waals surface area contributed by atoms with Gasteiger partial charge < -0.3 is 14.7 Å². The minimum Gasteiger partial charge on any atom is -0.368 e. The summed E-state index contributed by atoms with van der Waals surface area (Å²) in [6, 6.07) is 11.9. The lowest BCUT2D eigenvalue weighted by atomic mass is 10.00. The lowest BCUT2D eigenvalue weighted by molar-refractivity contribution is -0.137. The van der Waals surface area contributed by atoms with Gasteiger partial charge >= 0.3 is 0 Å². The van der Waals surface area contributed by atoms with Crippen LogP contribution < -0.4 is 4.90 Å². The summed E-state index contributed by atoms with van der Waals surface area (Å²) in [4.78, 5) is 33.0. The zero-order valence-electron chi connectivity index (χ0n) is 16.3. The Balaban J connectivity index is 1.41. The first-order chi connectivity index (χ1) is 13.6. The maximum Gasteiger partial charge on any atom is 0.264 e. The van der Waals surface area contributed by atoms with Crippen LogP contribution in [0.4, 0.5) is 5.69 Å². The second kappa shape index (κ2) is 8.35. The van der Waals surface area contributed by atoms with Crippen molar-refractivity contribution in [1.29, 1.82) is 0 Å². The summed E-state index contributed by atoms with van der Waals surface area (Å²) in [7, 11) is 0. The van der Waals surface area contributed by atoms with Crippen molar-refractivity contribution in [3.63, 3.8) is 0 Å². The third-order valence-corrected chi connectivity index (χ3v) is 6.60. The summed E-state index contributed by atoms with van der Waals surface area (Å²) in [5.74, 6) is 0.125. The molecule has 2 amide bonds. The van der Waals surface area contributed by atoms with Crippen LogP contribution in [0, 0.1) is 6.92 Å². The van der Waals surface area contributed by atoms with E-state index in [9.17, 15) is 9.59 Å². The van der Waals surface area contributed by atoms with Crippen molar-refractivity contribution < 1.29 is 9.59 Å². The summed E-state index contributed by atoms with van der Waals surface area (Å²) in [5, 5.41) is 1.92. The largest absolute Gasteiger partial charge is 0.368 e. The fourth-order valence-corrected chi connectivity index (χ4v) is 4.87. The molecule has 1 atom stereocenters. The molecule has 2 aliphatic rings. The van der Waals surface area contributed by atoms with Crippen molar-refractivity contribution >= 4 is 28.8 Å². The minimum atomic E-state index is -0.311. The first kappa shape index (κ1) is 19.0. The van der Waals surface area contributed by atoms with E-state index in [2.05, 4.69) is 36.1 Å². The Hall–Kier alpha value is -2.34. The highest BCUT2D eigenvalue weighted by Crippen LogP contribution is 2.24. The fraction of sp³-hybridized carbons (Fsp3) is 0.455. The lowest BCUT2D eigenvalue weighted by Gasteiger charge is -2.41. The minimum absolute atomic E-state index is 0.00597. The molecule has 0 spiro atoms. The molecule has 6 heteroatoms. The van der Waals surface area contributed by atoms with Crippen molar-refractivity contribution in [2.45, 2.75) is 32.2 Å². The number of piperidine rings is 1. The van der Waals surface area contributed by atoms with Gasteiger partial charge in [-0.3, -0.25) is 9.59 Å². The summed E-state index contributed by atoms with van der Waals surface area (Å²) >= 11 is 1.45. The molecule has 28 heavy (non-hydrogen) atoms. The van der Waals surface area contributed by atoms with Crippen LogP contribution in [0.15, 0.2) is 41.8 Å².